The highest BCUT2D eigenvalue weighted by Crippen LogP contribution is 2.26. The lowest BCUT2D eigenvalue weighted by atomic mass is 10.1. The van der Waals surface area contributed by atoms with Crippen LogP contribution >= 0.6 is 0 Å². The molecule has 1 heterocycles. The molecule has 0 saturated heterocycles. The second-order valence-electron chi connectivity index (χ2n) is 5.34. The van der Waals surface area contributed by atoms with Gasteiger partial charge in [-0.15, -0.1) is 0 Å². The predicted molar refractivity (Wildman–Crippen MR) is 94.9 cm³/mol. The molecule has 124 valence electrons. The number of fused-ring (bicyclic) bond motifs is 1. The van der Waals surface area contributed by atoms with E-state index in [1.54, 1.807) is 54.7 Å². The van der Waals surface area contributed by atoms with E-state index in [2.05, 4.69) is 9.71 Å². The van der Waals surface area contributed by atoms with Gasteiger partial charge in [0.25, 0.3) is 10.0 Å². The fraction of sp³-hybridized carbons (Fsp3) is 0.167. The number of hydrogen-bond donors (Lipinski definition) is 1. The second-order valence-corrected chi connectivity index (χ2v) is 6.99. The Balaban J connectivity index is 1.98. The molecule has 0 aliphatic rings. The average molecular weight is 342 g/mol. The van der Waals surface area contributed by atoms with E-state index in [1.807, 2.05) is 13.8 Å². The van der Waals surface area contributed by atoms with Gasteiger partial charge in [0, 0.05) is 17.3 Å². The molecule has 3 aromatic rings. The number of hydrogen-bond acceptors (Lipinski definition) is 4. The fourth-order valence-electron chi connectivity index (χ4n) is 2.52. The van der Waals surface area contributed by atoms with E-state index >= 15 is 0 Å². The van der Waals surface area contributed by atoms with Crippen molar-refractivity contribution in [2.24, 2.45) is 0 Å². The number of nitrogens with one attached hydrogen (secondary N) is 1. The summed E-state index contributed by atoms with van der Waals surface area (Å²) >= 11 is 0. The van der Waals surface area contributed by atoms with E-state index in [0.29, 0.717) is 28.9 Å². The lowest BCUT2D eigenvalue weighted by Gasteiger charge is -2.12. The molecule has 0 amide bonds. The maximum absolute atomic E-state index is 12.8. The first-order valence-corrected chi connectivity index (χ1v) is 9.09. The first-order valence-electron chi connectivity index (χ1n) is 7.61. The highest BCUT2D eigenvalue weighted by atomic mass is 32.2. The Morgan fingerprint density at radius 2 is 1.83 bits per heavy atom. The molecule has 5 nitrogen and oxygen atoms in total. The number of sulfonamides is 1. The standard InChI is InChI=1S/C18H18N2O3S/c1-3-23-15-9-7-14(8-10-15)20-24(21,22)17-11-6-13(2)18-16(17)5-4-12-19-18/h4-12,20H,3H2,1-2H3. The second kappa shape index (κ2) is 6.49. The van der Waals surface area contributed by atoms with Crippen LogP contribution in [0.15, 0.2) is 59.6 Å². The van der Waals surface area contributed by atoms with Crippen molar-refractivity contribution in [2.75, 3.05) is 11.3 Å². The van der Waals surface area contributed by atoms with Crippen molar-refractivity contribution in [3.63, 3.8) is 0 Å². The van der Waals surface area contributed by atoms with Crippen LogP contribution in [-0.2, 0) is 10.0 Å². The molecular formula is C18H18N2O3S. The molecule has 0 radical (unpaired) electrons. The minimum atomic E-state index is -3.71. The van der Waals surface area contributed by atoms with Crippen molar-refractivity contribution < 1.29 is 13.2 Å². The van der Waals surface area contributed by atoms with Crippen molar-refractivity contribution in [3.05, 3.63) is 60.3 Å². The van der Waals surface area contributed by atoms with Crippen LogP contribution in [0.5, 0.6) is 5.75 Å². The normalized spacial score (nSPS) is 11.4. The van der Waals surface area contributed by atoms with Gasteiger partial charge in [0.1, 0.15) is 5.75 Å². The fourth-order valence-corrected chi connectivity index (χ4v) is 3.78. The zero-order valence-electron chi connectivity index (χ0n) is 13.5. The number of aryl methyl sites for hydroxylation is 1. The summed E-state index contributed by atoms with van der Waals surface area (Å²) in [7, 11) is -3.71. The van der Waals surface area contributed by atoms with Gasteiger partial charge in [0.05, 0.1) is 17.0 Å². The highest BCUT2D eigenvalue weighted by molar-refractivity contribution is 7.93. The lowest BCUT2D eigenvalue weighted by Crippen LogP contribution is -2.13. The van der Waals surface area contributed by atoms with E-state index < -0.39 is 10.0 Å². The van der Waals surface area contributed by atoms with E-state index in [0.717, 1.165) is 5.56 Å². The smallest absolute Gasteiger partial charge is 0.262 e. The maximum Gasteiger partial charge on any atom is 0.262 e. The largest absolute Gasteiger partial charge is 0.494 e. The Hall–Kier alpha value is -2.60. The van der Waals surface area contributed by atoms with Crippen LogP contribution in [0.4, 0.5) is 5.69 Å². The van der Waals surface area contributed by atoms with Gasteiger partial charge in [-0.2, -0.15) is 0 Å². The van der Waals surface area contributed by atoms with Crippen LogP contribution < -0.4 is 9.46 Å². The van der Waals surface area contributed by atoms with Gasteiger partial charge in [-0.1, -0.05) is 6.07 Å². The third kappa shape index (κ3) is 3.19. The van der Waals surface area contributed by atoms with Crippen LogP contribution in [-0.4, -0.2) is 20.0 Å². The molecule has 1 aromatic heterocycles. The van der Waals surface area contributed by atoms with E-state index in [4.69, 9.17) is 4.74 Å². The number of aromatic nitrogens is 1. The molecule has 0 saturated carbocycles. The zero-order chi connectivity index (χ0) is 17.2. The van der Waals surface area contributed by atoms with E-state index in [9.17, 15) is 8.42 Å². The number of nitrogens with zero attached hydrogens (tertiary/aromatic N) is 1. The summed E-state index contributed by atoms with van der Waals surface area (Å²) in [5.41, 5.74) is 2.11. The third-order valence-electron chi connectivity index (χ3n) is 3.64. The van der Waals surface area contributed by atoms with Crippen LogP contribution in [0.25, 0.3) is 10.9 Å². The van der Waals surface area contributed by atoms with Crippen molar-refractivity contribution in [3.8, 4) is 5.75 Å². The molecule has 1 N–H and O–H groups in total. The number of pyridine rings is 1. The van der Waals surface area contributed by atoms with Gasteiger partial charge >= 0.3 is 0 Å². The van der Waals surface area contributed by atoms with Gasteiger partial charge < -0.3 is 4.74 Å². The molecule has 0 aliphatic heterocycles. The first kappa shape index (κ1) is 16.3. The minimum absolute atomic E-state index is 0.213. The predicted octanol–water partition coefficient (Wildman–Crippen LogP) is 3.74. The molecule has 6 heteroatoms. The SMILES string of the molecule is CCOc1ccc(NS(=O)(=O)c2ccc(C)c3ncccc23)cc1. The van der Waals surface area contributed by atoms with E-state index in [-0.39, 0.29) is 4.90 Å². The molecule has 0 spiro atoms. The summed E-state index contributed by atoms with van der Waals surface area (Å²) in [6.07, 6.45) is 1.66. The van der Waals surface area contributed by atoms with Gasteiger partial charge in [0.15, 0.2) is 0 Å². The molecule has 24 heavy (non-hydrogen) atoms. The van der Waals surface area contributed by atoms with Crippen molar-refractivity contribution >= 4 is 26.6 Å². The molecular weight excluding hydrogens is 324 g/mol. The summed E-state index contributed by atoms with van der Waals surface area (Å²) in [4.78, 5) is 4.50. The molecule has 0 atom stereocenters. The Morgan fingerprint density at radius 3 is 2.54 bits per heavy atom. The molecule has 2 aromatic carbocycles. The number of benzene rings is 2. The van der Waals surface area contributed by atoms with Crippen molar-refractivity contribution in [1.29, 1.82) is 0 Å². The van der Waals surface area contributed by atoms with Crippen molar-refractivity contribution in [1.82, 2.24) is 4.98 Å². The first-order chi connectivity index (χ1) is 11.5. The Kier molecular flexibility index (Phi) is 4.40. The summed E-state index contributed by atoms with van der Waals surface area (Å²) in [5, 5.41) is 0.607. The zero-order valence-corrected chi connectivity index (χ0v) is 14.3. The van der Waals surface area contributed by atoms with Crippen LogP contribution in [0.2, 0.25) is 0 Å². The van der Waals surface area contributed by atoms with Gasteiger partial charge in [-0.3, -0.25) is 9.71 Å². The summed E-state index contributed by atoms with van der Waals surface area (Å²) in [6.45, 7) is 4.37. The van der Waals surface area contributed by atoms with Crippen LogP contribution in [0, 0.1) is 6.92 Å². The lowest BCUT2D eigenvalue weighted by molar-refractivity contribution is 0.340. The molecule has 0 fully saturated rings. The third-order valence-corrected chi connectivity index (χ3v) is 5.08. The molecule has 0 bridgehead atoms. The van der Waals surface area contributed by atoms with Crippen molar-refractivity contribution in [2.45, 2.75) is 18.7 Å². The minimum Gasteiger partial charge on any atom is -0.494 e. The average Bonchev–Trinajstić information content (AvgIpc) is 2.57. The number of anilines is 1. The Morgan fingerprint density at radius 1 is 1.08 bits per heavy atom. The summed E-state index contributed by atoms with van der Waals surface area (Å²) in [5.74, 6) is 0.699. The summed E-state index contributed by atoms with van der Waals surface area (Å²) in [6, 6.07) is 13.7. The molecule has 0 aliphatic carbocycles. The number of rotatable bonds is 5. The molecule has 3 rings (SSSR count). The van der Waals surface area contributed by atoms with E-state index in [1.165, 1.54) is 0 Å². The Labute approximate surface area is 141 Å². The Bertz CT molecular complexity index is 967. The van der Waals surface area contributed by atoms with Gasteiger partial charge in [-0.05, 0) is 61.9 Å². The quantitative estimate of drug-likeness (QED) is 0.767. The molecule has 0 unspecified atom stereocenters. The summed E-state index contributed by atoms with van der Waals surface area (Å²) < 4.78 is 33.5. The van der Waals surface area contributed by atoms with Gasteiger partial charge in [-0.25, -0.2) is 8.42 Å². The van der Waals surface area contributed by atoms with Crippen LogP contribution in [0.1, 0.15) is 12.5 Å². The topological polar surface area (TPSA) is 68.3 Å². The monoisotopic (exact) mass is 342 g/mol. The maximum atomic E-state index is 12.8. The number of ether oxygens (including phenoxy) is 1. The van der Waals surface area contributed by atoms with Gasteiger partial charge in [0.2, 0.25) is 0 Å². The van der Waals surface area contributed by atoms with Crippen LogP contribution in [0.3, 0.4) is 0 Å². The highest BCUT2D eigenvalue weighted by Gasteiger charge is 2.18.